The van der Waals surface area contributed by atoms with Gasteiger partial charge in [-0.2, -0.15) is 5.26 Å². The van der Waals surface area contributed by atoms with E-state index in [0.29, 0.717) is 12.3 Å². The van der Waals surface area contributed by atoms with Crippen molar-refractivity contribution in [3.63, 3.8) is 0 Å². The molecule has 0 aromatic carbocycles. The summed E-state index contributed by atoms with van der Waals surface area (Å²) in [6.45, 7) is 5.88. The van der Waals surface area contributed by atoms with Crippen LogP contribution in [0.4, 0.5) is 0 Å². The number of rotatable bonds is 5. The molecule has 0 radical (unpaired) electrons. The van der Waals surface area contributed by atoms with Crippen LogP contribution >= 0.6 is 0 Å². The molecular weight excluding hydrogens is 302 g/mol. The van der Waals surface area contributed by atoms with Crippen LogP contribution in [0.2, 0.25) is 0 Å². The molecule has 24 heavy (non-hydrogen) atoms. The Hall–Kier alpha value is -2.65. The summed E-state index contributed by atoms with van der Waals surface area (Å²) >= 11 is 0. The molecule has 6 nitrogen and oxygen atoms in total. The van der Waals surface area contributed by atoms with Gasteiger partial charge in [-0.1, -0.05) is 13.8 Å². The Morgan fingerprint density at radius 1 is 1.38 bits per heavy atom. The molecule has 0 aliphatic heterocycles. The van der Waals surface area contributed by atoms with Gasteiger partial charge in [0.05, 0.1) is 23.7 Å². The molecule has 0 spiro atoms. The van der Waals surface area contributed by atoms with Crippen LogP contribution in [0.5, 0.6) is 5.75 Å². The van der Waals surface area contributed by atoms with E-state index in [2.05, 4.69) is 53.9 Å². The number of hydrogen-bond acceptors (Lipinski definition) is 5. The fourth-order valence-corrected chi connectivity index (χ4v) is 3.04. The lowest BCUT2D eigenvalue weighted by atomic mass is 9.94. The molecule has 3 rings (SSSR count). The molecule has 0 aliphatic rings. The third kappa shape index (κ3) is 3.17. The van der Waals surface area contributed by atoms with Gasteiger partial charge in [0.15, 0.2) is 0 Å². The molecular formula is C18H23N5O. The van der Waals surface area contributed by atoms with Crippen molar-refractivity contribution in [3.8, 4) is 11.8 Å². The molecule has 0 saturated heterocycles. The Balaban J connectivity index is 0.00000225. The second-order valence-corrected chi connectivity index (χ2v) is 7.08. The van der Waals surface area contributed by atoms with Gasteiger partial charge in [0.2, 0.25) is 0 Å². The van der Waals surface area contributed by atoms with Gasteiger partial charge in [0.1, 0.15) is 23.2 Å². The zero-order valence-corrected chi connectivity index (χ0v) is 14.4. The molecule has 0 unspecified atom stereocenters. The molecule has 0 bridgehead atoms. The smallest absolute Gasteiger partial charge is 0.142 e. The van der Waals surface area contributed by atoms with E-state index in [1.807, 2.05) is 6.07 Å². The maximum atomic E-state index is 9.10. The lowest BCUT2D eigenvalue weighted by molar-refractivity contribution is 0.142. The fraction of sp³-hybridized carbons (Fsp3) is 0.389. The van der Waals surface area contributed by atoms with Gasteiger partial charge in [-0.3, -0.25) is 0 Å². The number of hydrogen-bond donors (Lipinski definition) is 1. The van der Waals surface area contributed by atoms with Crippen molar-refractivity contribution in [1.29, 1.82) is 5.26 Å². The van der Waals surface area contributed by atoms with Gasteiger partial charge < -0.3 is 14.6 Å². The van der Waals surface area contributed by atoms with Crippen LogP contribution in [0.3, 0.4) is 0 Å². The number of H-pyrrole nitrogens is 1. The average molecular weight is 325 g/mol. The number of aromatic nitrogens is 3. The van der Waals surface area contributed by atoms with Crippen molar-refractivity contribution < 1.29 is 6.16 Å². The summed E-state index contributed by atoms with van der Waals surface area (Å²) in [6, 6.07) is 5.72. The summed E-state index contributed by atoms with van der Waals surface area (Å²) < 4.78 is 6.13. The summed E-state index contributed by atoms with van der Waals surface area (Å²) in [5, 5.41) is 10.9. The maximum Gasteiger partial charge on any atom is 0.142 e. The Bertz CT molecular complexity index is 926. The zero-order valence-electron chi connectivity index (χ0n) is 14.4. The molecule has 3 aromatic rings. The highest BCUT2D eigenvalue weighted by atomic mass is 16.5. The number of nitrogens with zero attached hydrogens (tertiary/aromatic N) is 4. The van der Waals surface area contributed by atoms with E-state index < -0.39 is 0 Å². The van der Waals surface area contributed by atoms with Crippen molar-refractivity contribution in [2.75, 3.05) is 27.2 Å². The standard InChI is InChI=1S/C18H21N5O.H2/c1-18(2,10-23(3)4)11-24-15-5-6-20-17-16(15)13-7-12(8-19)21-9-14(13)22-17;/h5-7,9H,10-11H2,1-4H3,(H,20,22);1H. The predicted molar refractivity (Wildman–Crippen MR) is 96.1 cm³/mol. The van der Waals surface area contributed by atoms with Gasteiger partial charge >= 0.3 is 0 Å². The molecule has 0 saturated carbocycles. The Labute approximate surface area is 142 Å². The average Bonchev–Trinajstić information content (AvgIpc) is 2.89. The number of pyridine rings is 2. The van der Waals surface area contributed by atoms with E-state index in [0.717, 1.165) is 34.2 Å². The first-order chi connectivity index (χ1) is 11.4. The van der Waals surface area contributed by atoms with Gasteiger partial charge in [-0.25, -0.2) is 9.97 Å². The third-order valence-corrected chi connectivity index (χ3v) is 3.82. The number of nitriles is 1. The van der Waals surface area contributed by atoms with E-state index >= 15 is 0 Å². The monoisotopic (exact) mass is 325 g/mol. The van der Waals surface area contributed by atoms with Crippen LogP contribution < -0.4 is 4.74 Å². The van der Waals surface area contributed by atoms with Gasteiger partial charge in [0, 0.05) is 25.0 Å². The molecule has 0 atom stereocenters. The first-order valence-electron chi connectivity index (χ1n) is 7.84. The minimum absolute atomic E-state index is 0. The van der Waals surface area contributed by atoms with Crippen molar-refractivity contribution in [2.24, 2.45) is 5.41 Å². The lowest BCUT2D eigenvalue weighted by Gasteiger charge is -2.28. The molecule has 126 valence electrons. The number of fused-ring (bicyclic) bond motifs is 3. The van der Waals surface area contributed by atoms with Gasteiger partial charge in [0.25, 0.3) is 0 Å². The van der Waals surface area contributed by atoms with Crippen LogP contribution in [-0.4, -0.2) is 47.1 Å². The summed E-state index contributed by atoms with van der Waals surface area (Å²) in [7, 11) is 4.12. The molecule has 0 aliphatic carbocycles. The minimum Gasteiger partial charge on any atom is -0.492 e. The maximum absolute atomic E-state index is 9.10. The number of nitrogens with one attached hydrogen (secondary N) is 1. The lowest BCUT2D eigenvalue weighted by Crippen LogP contribution is -2.33. The molecule has 0 fully saturated rings. The SMILES string of the molecule is CN(C)CC(C)(C)COc1ccnc2[nH]c3cnc(C#N)cc3c12.[HH]. The van der Waals surface area contributed by atoms with Gasteiger partial charge in [-0.15, -0.1) is 0 Å². The van der Waals surface area contributed by atoms with E-state index in [-0.39, 0.29) is 6.84 Å². The van der Waals surface area contributed by atoms with Crippen LogP contribution in [0, 0.1) is 16.7 Å². The summed E-state index contributed by atoms with van der Waals surface area (Å²) in [4.78, 5) is 13.9. The highest BCUT2D eigenvalue weighted by Crippen LogP contribution is 2.32. The molecule has 6 heteroatoms. The Kier molecular flexibility index (Phi) is 4.12. The topological polar surface area (TPSA) is 77.8 Å². The number of aromatic amines is 1. The summed E-state index contributed by atoms with van der Waals surface area (Å²) in [5.74, 6) is 0.771. The zero-order chi connectivity index (χ0) is 17.3. The van der Waals surface area contributed by atoms with E-state index in [9.17, 15) is 0 Å². The molecule has 1 N–H and O–H groups in total. The largest absolute Gasteiger partial charge is 0.492 e. The second kappa shape index (κ2) is 6.10. The van der Waals surface area contributed by atoms with Crippen LogP contribution in [0.1, 0.15) is 21.0 Å². The highest BCUT2D eigenvalue weighted by Gasteiger charge is 2.21. The molecule has 3 aromatic heterocycles. The summed E-state index contributed by atoms with van der Waals surface area (Å²) in [5.41, 5.74) is 1.99. The summed E-state index contributed by atoms with van der Waals surface area (Å²) in [6.07, 6.45) is 3.39. The predicted octanol–water partition coefficient (Wildman–Crippen LogP) is 3.20. The van der Waals surface area contributed by atoms with E-state index in [4.69, 9.17) is 10.00 Å². The minimum atomic E-state index is 0. The Morgan fingerprint density at radius 2 is 2.17 bits per heavy atom. The van der Waals surface area contributed by atoms with Crippen molar-refractivity contribution in [3.05, 3.63) is 30.2 Å². The van der Waals surface area contributed by atoms with Crippen LogP contribution in [0.25, 0.3) is 21.9 Å². The fourth-order valence-electron chi connectivity index (χ4n) is 3.04. The number of ether oxygens (including phenoxy) is 1. The second-order valence-electron chi connectivity index (χ2n) is 7.08. The molecule has 0 amide bonds. The first-order valence-corrected chi connectivity index (χ1v) is 7.84. The van der Waals surface area contributed by atoms with E-state index in [1.54, 1.807) is 18.5 Å². The van der Waals surface area contributed by atoms with Crippen molar-refractivity contribution in [2.45, 2.75) is 13.8 Å². The van der Waals surface area contributed by atoms with Gasteiger partial charge in [-0.05, 0) is 26.2 Å². The molecule has 3 heterocycles. The Morgan fingerprint density at radius 3 is 2.88 bits per heavy atom. The third-order valence-electron chi connectivity index (χ3n) is 3.82. The quantitative estimate of drug-likeness (QED) is 0.779. The normalized spacial score (nSPS) is 12.0. The van der Waals surface area contributed by atoms with Crippen LogP contribution in [0.15, 0.2) is 24.5 Å². The first kappa shape index (κ1) is 16.2. The van der Waals surface area contributed by atoms with Crippen molar-refractivity contribution in [1.82, 2.24) is 19.9 Å². The van der Waals surface area contributed by atoms with Crippen LogP contribution in [-0.2, 0) is 0 Å². The highest BCUT2D eigenvalue weighted by molar-refractivity contribution is 6.09. The van der Waals surface area contributed by atoms with Crippen molar-refractivity contribution >= 4 is 21.9 Å². The van der Waals surface area contributed by atoms with E-state index in [1.165, 1.54) is 0 Å².